The molecule has 0 bridgehead atoms. The highest BCUT2D eigenvalue weighted by Gasteiger charge is 2.24. The lowest BCUT2D eigenvalue weighted by atomic mass is 10.0. The standard InChI is InChI=1S/C57H93NO5/c1-4-7-10-13-16-19-22-24-26-28-30-32-35-38-41-44-47-50-57(62)63-53(48-45-42-39-36-33-21-18-15-12-9-6-3)51-56(61)58-54(52-59)55(60)49-46-43-40-37-34-31-29-27-25-23-20-17-14-11-8-5-2/h7,9-10,12-13,15-16,18-19,21-22,24,26,28,30,32-33,35-36,39,53-55,59-60H,4-6,8,11,14,17,20,23,25,27,29,31,34,37-38,40-52H2,1-3H3,(H,58,61)/b10-7-,12-9+,16-13+,18-15+,22-19+,26-24-,30-28+,33-21-,35-32+,39-36-. The Morgan fingerprint density at radius 2 is 0.873 bits per heavy atom. The summed E-state index contributed by atoms with van der Waals surface area (Å²) in [4.78, 5) is 26.1. The molecular weight excluding hydrogens is 779 g/mol. The molecule has 0 rings (SSSR count). The van der Waals surface area contributed by atoms with E-state index in [0.717, 1.165) is 70.6 Å². The van der Waals surface area contributed by atoms with Gasteiger partial charge in [-0.15, -0.1) is 0 Å². The fourth-order valence-corrected chi connectivity index (χ4v) is 7.01. The Morgan fingerprint density at radius 1 is 0.476 bits per heavy atom. The molecular formula is C57H93NO5. The number of aliphatic hydroxyl groups excluding tert-OH is 2. The van der Waals surface area contributed by atoms with Crippen molar-refractivity contribution in [2.24, 2.45) is 0 Å². The normalized spacial score (nSPS) is 14.3. The summed E-state index contributed by atoms with van der Waals surface area (Å²) in [6, 6.07) is -0.741. The highest BCUT2D eigenvalue weighted by atomic mass is 16.5. The minimum atomic E-state index is -0.821. The summed E-state index contributed by atoms with van der Waals surface area (Å²) in [6.07, 6.45) is 68.3. The van der Waals surface area contributed by atoms with Gasteiger partial charge in [0.05, 0.1) is 25.2 Å². The highest BCUT2D eigenvalue weighted by molar-refractivity contribution is 5.77. The monoisotopic (exact) mass is 872 g/mol. The van der Waals surface area contributed by atoms with Gasteiger partial charge in [0, 0.05) is 6.42 Å². The molecule has 0 aromatic heterocycles. The Bertz CT molecular complexity index is 1350. The summed E-state index contributed by atoms with van der Waals surface area (Å²) in [6.45, 7) is 6.15. The number of carbonyl (C=O) groups excluding carboxylic acids is 2. The van der Waals surface area contributed by atoms with Gasteiger partial charge in [-0.1, -0.05) is 251 Å². The van der Waals surface area contributed by atoms with Crippen molar-refractivity contribution in [3.63, 3.8) is 0 Å². The molecule has 3 N–H and O–H groups in total. The van der Waals surface area contributed by atoms with E-state index in [1.165, 1.54) is 83.5 Å². The van der Waals surface area contributed by atoms with E-state index < -0.39 is 18.2 Å². The minimum Gasteiger partial charge on any atom is -0.462 e. The molecule has 356 valence electrons. The van der Waals surface area contributed by atoms with Crippen LogP contribution in [0.1, 0.15) is 201 Å². The molecule has 0 saturated carbocycles. The van der Waals surface area contributed by atoms with E-state index in [2.05, 4.69) is 50.4 Å². The molecule has 0 saturated heterocycles. The van der Waals surface area contributed by atoms with Crippen molar-refractivity contribution in [3.05, 3.63) is 122 Å². The average Bonchev–Trinajstić information content (AvgIpc) is 3.28. The van der Waals surface area contributed by atoms with E-state index >= 15 is 0 Å². The first-order valence-corrected chi connectivity index (χ1v) is 25.4. The number of hydrogen-bond acceptors (Lipinski definition) is 5. The molecule has 3 atom stereocenters. The lowest BCUT2D eigenvalue weighted by molar-refractivity contribution is -0.151. The molecule has 3 unspecified atom stereocenters. The number of carbonyl (C=O) groups is 2. The Morgan fingerprint density at radius 3 is 1.32 bits per heavy atom. The second-order valence-electron chi connectivity index (χ2n) is 16.7. The summed E-state index contributed by atoms with van der Waals surface area (Å²) in [5, 5.41) is 23.7. The van der Waals surface area contributed by atoms with Gasteiger partial charge in [0.25, 0.3) is 0 Å². The number of esters is 1. The molecule has 6 heteroatoms. The molecule has 0 spiro atoms. The quantitative estimate of drug-likeness (QED) is 0.0322. The van der Waals surface area contributed by atoms with Crippen LogP contribution in [-0.4, -0.2) is 46.9 Å². The number of unbranched alkanes of at least 4 members (excludes halogenated alkanes) is 19. The number of amides is 1. The third-order valence-electron chi connectivity index (χ3n) is 10.8. The number of nitrogens with one attached hydrogen (secondary N) is 1. The first kappa shape index (κ1) is 59.3. The van der Waals surface area contributed by atoms with Crippen LogP contribution in [0.5, 0.6) is 0 Å². The van der Waals surface area contributed by atoms with Crippen molar-refractivity contribution in [1.82, 2.24) is 5.32 Å². The van der Waals surface area contributed by atoms with Crippen LogP contribution in [0.2, 0.25) is 0 Å². The smallest absolute Gasteiger partial charge is 0.306 e. The van der Waals surface area contributed by atoms with Crippen molar-refractivity contribution in [3.8, 4) is 0 Å². The number of ether oxygens (including phenoxy) is 1. The minimum absolute atomic E-state index is 0.00514. The van der Waals surface area contributed by atoms with Crippen molar-refractivity contribution in [2.75, 3.05) is 6.61 Å². The van der Waals surface area contributed by atoms with Crippen molar-refractivity contribution < 1.29 is 24.5 Å². The third kappa shape index (κ3) is 44.7. The zero-order valence-corrected chi connectivity index (χ0v) is 40.4. The second kappa shape index (κ2) is 49.3. The summed E-state index contributed by atoms with van der Waals surface area (Å²) >= 11 is 0. The summed E-state index contributed by atoms with van der Waals surface area (Å²) < 4.78 is 5.86. The van der Waals surface area contributed by atoms with Gasteiger partial charge in [0.15, 0.2) is 0 Å². The number of rotatable bonds is 43. The van der Waals surface area contributed by atoms with Gasteiger partial charge in [-0.2, -0.15) is 0 Å². The maximum atomic E-state index is 13.2. The Labute approximate surface area is 387 Å². The fourth-order valence-electron chi connectivity index (χ4n) is 7.01. The molecule has 6 nitrogen and oxygen atoms in total. The van der Waals surface area contributed by atoms with Crippen molar-refractivity contribution in [2.45, 2.75) is 219 Å². The topological polar surface area (TPSA) is 95.9 Å². The fraction of sp³-hybridized carbons (Fsp3) is 0.614. The van der Waals surface area contributed by atoms with Gasteiger partial charge in [0.2, 0.25) is 5.91 Å². The molecule has 1 amide bonds. The van der Waals surface area contributed by atoms with Crippen LogP contribution in [0.15, 0.2) is 122 Å². The van der Waals surface area contributed by atoms with Gasteiger partial charge >= 0.3 is 5.97 Å². The SMILES string of the molecule is CC\C=C/C=C/C=C/C=C\C=C\C=C\CCCCCC(=O)OC(CCC\C=C/C=C\C=C\C=C\CC)CC(=O)NC(CO)C(O)CCCCCCCCCCCCCCCCCC. The zero-order chi connectivity index (χ0) is 45.9. The zero-order valence-electron chi connectivity index (χ0n) is 40.4. The van der Waals surface area contributed by atoms with Crippen LogP contribution in [-0.2, 0) is 14.3 Å². The van der Waals surface area contributed by atoms with Crippen LogP contribution >= 0.6 is 0 Å². The molecule has 0 heterocycles. The van der Waals surface area contributed by atoms with Crippen LogP contribution in [0.25, 0.3) is 0 Å². The lowest BCUT2D eigenvalue weighted by Crippen LogP contribution is -2.46. The molecule has 0 aromatic rings. The van der Waals surface area contributed by atoms with E-state index in [1.807, 2.05) is 97.2 Å². The number of allylic oxidation sites excluding steroid dienone is 20. The molecule has 0 aliphatic rings. The van der Waals surface area contributed by atoms with E-state index in [1.54, 1.807) is 0 Å². The molecule has 63 heavy (non-hydrogen) atoms. The van der Waals surface area contributed by atoms with Crippen LogP contribution in [0.3, 0.4) is 0 Å². The first-order chi connectivity index (χ1) is 31.0. The molecule has 0 aliphatic heterocycles. The molecule has 0 fully saturated rings. The second-order valence-corrected chi connectivity index (χ2v) is 16.7. The van der Waals surface area contributed by atoms with Crippen LogP contribution in [0.4, 0.5) is 0 Å². The summed E-state index contributed by atoms with van der Waals surface area (Å²) in [7, 11) is 0. The molecule has 0 aromatic carbocycles. The van der Waals surface area contributed by atoms with Crippen LogP contribution < -0.4 is 5.32 Å². The summed E-state index contributed by atoms with van der Waals surface area (Å²) in [5.41, 5.74) is 0. The largest absolute Gasteiger partial charge is 0.462 e. The predicted molar refractivity (Wildman–Crippen MR) is 273 cm³/mol. The van der Waals surface area contributed by atoms with Gasteiger partial charge in [-0.05, 0) is 57.8 Å². The average molecular weight is 872 g/mol. The number of hydrogen-bond donors (Lipinski definition) is 3. The van der Waals surface area contributed by atoms with Crippen molar-refractivity contribution >= 4 is 11.9 Å². The maximum absolute atomic E-state index is 13.2. The van der Waals surface area contributed by atoms with Gasteiger partial charge < -0.3 is 20.3 Å². The predicted octanol–water partition coefficient (Wildman–Crippen LogP) is 15.3. The van der Waals surface area contributed by atoms with E-state index in [4.69, 9.17) is 4.74 Å². The van der Waals surface area contributed by atoms with Gasteiger partial charge in [0.1, 0.15) is 6.10 Å². The van der Waals surface area contributed by atoms with E-state index in [-0.39, 0.29) is 24.9 Å². The lowest BCUT2D eigenvalue weighted by Gasteiger charge is -2.24. The van der Waals surface area contributed by atoms with E-state index in [0.29, 0.717) is 19.3 Å². The Kier molecular flexibility index (Phi) is 46.4. The molecule has 0 aliphatic carbocycles. The summed E-state index contributed by atoms with van der Waals surface area (Å²) in [5.74, 6) is -0.606. The maximum Gasteiger partial charge on any atom is 0.306 e. The van der Waals surface area contributed by atoms with Gasteiger partial charge in [-0.3, -0.25) is 9.59 Å². The Balaban J connectivity index is 4.69. The van der Waals surface area contributed by atoms with Crippen molar-refractivity contribution in [1.29, 1.82) is 0 Å². The highest BCUT2D eigenvalue weighted by Crippen LogP contribution is 2.17. The number of aliphatic hydroxyl groups is 2. The van der Waals surface area contributed by atoms with Gasteiger partial charge in [-0.25, -0.2) is 0 Å². The van der Waals surface area contributed by atoms with E-state index in [9.17, 15) is 19.8 Å². The third-order valence-corrected chi connectivity index (χ3v) is 10.8. The molecule has 0 radical (unpaired) electrons. The first-order valence-electron chi connectivity index (χ1n) is 25.4. The Hall–Kier alpha value is -3.74. The van der Waals surface area contributed by atoms with Crippen LogP contribution in [0, 0.1) is 0 Å².